The Morgan fingerprint density at radius 1 is 1.10 bits per heavy atom. The summed E-state index contributed by atoms with van der Waals surface area (Å²) in [5, 5.41) is 16.4. The zero-order valence-corrected chi connectivity index (χ0v) is 23.9. The highest BCUT2D eigenvalue weighted by molar-refractivity contribution is 7.46. The van der Waals surface area contributed by atoms with Crippen LogP contribution < -0.4 is 33.2 Å². The molecule has 4 atom stereocenters. The fraction of sp³-hybridized carbons (Fsp3) is 0.727. The van der Waals surface area contributed by atoms with E-state index >= 15 is 0 Å². The first-order valence-electron chi connectivity index (χ1n) is 12.9. The molecule has 18 nitrogen and oxygen atoms in total. The maximum Gasteiger partial charge on any atom is 0.469 e. The number of guanidine groups is 1. The number of nitrogens with zero attached hydrogens (tertiary/aromatic N) is 2. The number of likely N-dealkylation sites (tertiary alicyclic amines) is 1. The maximum absolute atomic E-state index is 13.2. The van der Waals surface area contributed by atoms with E-state index in [0.29, 0.717) is 12.8 Å². The summed E-state index contributed by atoms with van der Waals surface area (Å²) in [6.07, 6.45) is 1.43. The third kappa shape index (κ3) is 13.7. The van der Waals surface area contributed by atoms with Crippen molar-refractivity contribution in [3.63, 3.8) is 0 Å². The Labute approximate surface area is 237 Å². The van der Waals surface area contributed by atoms with Gasteiger partial charge in [0.15, 0.2) is 5.96 Å². The molecule has 234 valence electrons. The number of phosphoric acid groups is 1. The molecule has 12 N–H and O–H groups in total. The van der Waals surface area contributed by atoms with E-state index in [9.17, 15) is 33.6 Å². The molecule has 0 unspecified atom stereocenters. The lowest BCUT2D eigenvalue weighted by Crippen LogP contribution is -2.58. The van der Waals surface area contributed by atoms with Crippen molar-refractivity contribution < 1.29 is 48.0 Å². The van der Waals surface area contributed by atoms with E-state index in [-0.39, 0.29) is 44.2 Å². The second-order valence-electron chi connectivity index (χ2n) is 9.90. The molecule has 0 aliphatic carbocycles. The number of carboxylic acids is 1. The van der Waals surface area contributed by atoms with Crippen LogP contribution in [0.5, 0.6) is 0 Å². The van der Waals surface area contributed by atoms with Gasteiger partial charge in [-0.2, -0.15) is 0 Å². The number of nitrogens with two attached hydrogens (primary N) is 3. The van der Waals surface area contributed by atoms with E-state index in [1.807, 2.05) is 0 Å². The van der Waals surface area contributed by atoms with Crippen molar-refractivity contribution in [1.82, 2.24) is 20.9 Å². The van der Waals surface area contributed by atoms with Crippen LogP contribution in [0.3, 0.4) is 0 Å². The van der Waals surface area contributed by atoms with Crippen molar-refractivity contribution in [2.75, 3.05) is 26.2 Å². The van der Waals surface area contributed by atoms with Crippen molar-refractivity contribution in [2.45, 2.75) is 70.1 Å². The molecule has 1 aliphatic heterocycles. The molecule has 1 heterocycles. The zero-order chi connectivity index (χ0) is 31.3. The number of hydrogen-bond acceptors (Lipinski definition) is 9. The van der Waals surface area contributed by atoms with Gasteiger partial charge in [-0.15, -0.1) is 0 Å². The Hall–Kier alpha value is -3.31. The van der Waals surface area contributed by atoms with Gasteiger partial charge < -0.3 is 52.9 Å². The third-order valence-corrected chi connectivity index (χ3v) is 6.42. The van der Waals surface area contributed by atoms with E-state index in [4.69, 9.17) is 27.0 Å². The van der Waals surface area contributed by atoms with E-state index < -0.39 is 74.7 Å². The van der Waals surface area contributed by atoms with Crippen LogP contribution in [0.15, 0.2) is 4.99 Å². The number of aliphatic carboxylic acids is 1. The molecular formula is C22H41N8O10P. The third-order valence-electron chi connectivity index (χ3n) is 5.93. The molecule has 4 amide bonds. The highest BCUT2D eigenvalue weighted by Gasteiger charge is 2.38. The highest BCUT2D eigenvalue weighted by atomic mass is 31.2. The first-order valence-corrected chi connectivity index (χ1v) is 14.5. The van der Waals surface area contributed by atoms with E-state index in [2.05, 4.69) is 25.5 Å². The molecule has 0 radical (unpaired) electrons. The van der Waals surface area contributed by atoms with Gasteiger partial charge in [-0.25, -0.2) is 9.36 Å². The topological polar surface area (TPSA) is 302 Å². The lowest BCUT2D eigenvalue weighted by molar-refractivity contribution is -0.149. The summed E-state index contributed by atoms with van der Waals surface area (Å²) in [6, 6.07) is -4.91. The summed E-state index contributed by atoms with van der Waals surface area (Å²) in [6.45, 7) is 2.37. The fourth-order valence-corrected chi connectivity index (χ4v) is 4.34. The molecule has 0 bridgehead atoms. The van der Waals surface area contributed by atoms with Crippen molar-refractivity contribution in [1.29, 1.82) is 0 Å². The molecule has 0 spiro atoms. The van der Waals surface area contributed by atoms with Gasteiger partial charge in [0.25, 0.3) is 0 Å². The van der Waals surface area contributed by atoms with Crippen LogP contribution in [0.4, 0.5) is 0 Å². The Morgan fingerprint density at radius 2 is 1.76 bits per heavy atom. The molecule has 19 heteroatoms. The smallest absolute Gasteiger partial charge is 0.469 e. The second-order valence-corrected chi connectivity index (χ2v) is 11.1. The maximum atomic E-state index is 13.2. The van der Waals surface area contributed by atoms with Crippen LogP contribution in [0.2, 0.25) is 0 Å². The van der Waals surface area contributed by atoms with Crippen LogP contribution in [0.1, 0.15) is 46.0 Å². The average molecular weight is 609 g/mol. The average Bonchev–Trinajstić information content (AvgIpc) is 3.36. The van der Waals surface area contributed by atoms with Crippen molar-refractivity contribution >= 4 is 43.4 Å². The van der Waals surface area contributed by atoms with Crippen molar-refractivity contribution in [3.05, 3.63) is 0 Å². The number of aliphatic imine (C=N–C) groups is 1. The predicted molar refractivity (Wildman–Crippen MR) is 145 cm³/mol. The number of carbonyl (C=O) groups is 5. The van der Waals surface area contributed by atoms with Crippen LogP contribution in [0, 0.1) is 5.92 Å². The molecule has 1 fully saturated rings. The van der Waals surface area contributed by atoms with Crippen molar-refractivity contribution in [2.24, 2.45) is 28.1 Å². The number of carbonyl (C=O) groups excluding carboxylic acids is 4. The lowest BCUT2D eigenvalue weighted by Gasteiger charge is -2.29. The van der Waals surface area contributed by atoms with E-state index in [1.165, 1.54) is 0 Å². The quantitative estimate of drug-likeness (QED) is 0.0338. The zero-order valence-electron chi connectivity index (χ0n) is 23.0. The summed E-state index contributed by atoms with van der Waals surface area (Å²) >= 11 is 0. The van der Waals surface area contributed by atoms with Gasteiger partial charge in [-0.05, 0) is 38.0 Å². The van der Waals surface area contributed by atoms with Gasteiger partial charge in [-0.3, -0.25) is 28.7 Å². The number of carboxylic acid groups (broad SMARTS) is 1. The Balaban J connectivity index is 2.89. The summed E-state index contributed by atoms with van der Waals surface area (Å²) in [5.74, 6) is -4.66. The van der Waals surface area contributed by atoms with E-state index in [0.717, 1.165) is 4.90 Å². The monoisotopic (exact) mass is 608 g/mol. The first-order chi connectivity index (χ1) is 19.0. The van der Waals surface area contributed by atoms with Crippen LogP contribution in [0.25, 0.3) is 0 Å². The Kier molecular flexibility index (Phi) is 14.7. The predicted octanol–water partition coefficient (Wildman–Crippen LogP) is -3.32. The molecular weight excluding hydrogens is 567 g/mol. The number of hydrogen-bond donors (Lipinski definition) is 9. The minimum atomic E-state index is -5.06. The lowest BCUT2D eigenvalue weighted by atomic mass is 10.0. The molecule has 41 heavy (non-hydrogen) atoms. The Morgan fingerprint density at radius 3 is 2.32 bits per heavy atom. The number of amides is 4. The molecule has 1 saturated heterocycles. The number of nitrogens with one attached hydrogen (secondary N) is 3. The summed E-state index contributed by atoms with van der Waals surface area (Å²) in [4.78, 5) is 85.6. The largest absolute Gasteiger partial charge is 0.480 e. The number of rotatable bonds is 17. The first kappa shape index (κ1) is 35.7. The molecule has 0 aromatic heterocycles. The van der Waals surface area contributed by atoms with Crippen LogP contribution in [-0.2, 0) is 33.1 Å². The van der Waals surface area contributed by atoms with Gasteiger partial charge in [0.1, 0.15) is 18.1 Å². The van der Waals surface area contributed by atoms with Gasteiger partial charge in [0.05, 0.1) is 19.2 Å². The summed E-state index contributed by atoms with van der Waals surface area (Å²) in [5.41, 5.74) is 16.2. The van der Waals surface area contributed by atoms with Crippen LogP contribution >= 0.6 is 7.82 Å². The van der Waals surface area contributed by atoms with Gasteiger partial charge in [0.2, 0.25) is 23.6 Å². The van der Waals surface area contributed by atoms with Crippen molar-refractivity contribution in [3.8, 4) is 0 Å². The normalized spacial score (nSPS) is 17.3. The summed E-state index contributed by atoms with van der Waals surface area (Å²) < 4.78 is 15.7. The molecule has 0 aromatic carbocycles. The van der Waals surface area contributed by atoms with E-state index in [1.54, 1.807) is 13.8 Å². The molecule has 1 aliphatic rings. The van der Waals surface area contributed by atoms with Gasteiger partial charge in [0, 0.05) is 13.1 Å². The molecule has 0 aromatic rings. The number of phosphoric ester groups is 1. The minimum absolute atomic E-state index is 0.110. The molecule has 1 rings (SSSR count). The fourth-order valence-electron chi connectivity index (χ4n) is 4.00. The standard InChI is InChI=1S/C22H41N8O10P/c1-12(2)9-14(20(34)30-8-4-6-16(30)21(35)36)29-19(33)15(11-40-41(37,38)39)28-17(31)10-27-18(32)13(23)5-3-7-26-22(24)25/h12-16H,3-11,23H2,1-2H3,(H,27,32)(H,28,31)(H,29,33)(H,35,36)(H4,24,25,26)(H2,37,38,39)/t13-,14-,15-,16-/m0/s1. The minimum Gasteiger partial charge on any atom is -0.480 e. The second kappa shape index (κ2) is 16.8. The highest BCUT2D eigenvalue weighted by Crippen LogP contribution is 2.35. The van der Waals surface area contributed by atoms with Gasteiger partial charge in [-0.1, -0.05) is 13.8 Å². The van der Waals surface area contributed by atoms with Gasteiger partial charge >= 0.3 is 13.8 Å². The van der Waals surface area contributed by atoms with Crippen LogP contribution in [-0.4, -0.2) is 106 Å². The Bertz CT molecular complexity index is 1020. The summed E-state index contributed by atoms with van der Waals surface area (Å²) in [7, 11) is -5.06. The SMILES string of the molecule is CC(C)C[C@H](NC(=O)[C@H](COP(=O)(O)O)NC(=O)CNC(=O)[C@@H](N)CCCN=C(N)N)C(=O)N1CCC[C@H]1C(=O)O. The molecule has 0 saturated carbocycles.